The summed E-state index contributed by atoms with van der Waals surface area (Å²) in [7, 11) is 0. The van der Waals surface area contributed by atoms with Gasteiger partial charge in [-0.15, -0.1) is 0 Å². The van der Waals surface area contributed by atoms with Crippen LogP contribution in [-0.2, 0) is 0 Å². The standard InChI is InChI=1S/C14H20N2O/c1-10-5-6-13(8-15)14(16-10)12-4-2-3-11(7-12)9-17/h2-4,7,9-10,13-14,16H,5-6,8,15H2,1H3. The van der Waals surface area contributed by atoms with E-state index in [1.165, 1.54) is 12.0 Å². The van der Waals surface area contributed by atoms with Crippen LogP contribution in [0.3, 0.4) is 0 Å². The van der Waals surface area contributed by atoms with Crippen molar-refractivity contribution in [3.63, 3.8) is 0 Å². The van der Waals surface area contributed by atoms with Crippen LogP contribution in [0.2, 0.25) is 0 Å². The predicted molar refractivity (Wildman–Crippen MR) is 68.9 cm³/mol. The van der Waals surface area contributed by atoms with Gasteiger partial charge >= 0.3 is 0 Å². The van der Waals surface area contributed by atoms with Gasteiger partial charge in [-0.1, -0.05) is 18.2 Å². The van der Waals surface area contributed by atoms with E-state index < -0.39 is 0 Å². The fraction of sp³-hybridized carbons (Fsp3) is 0.500. The smallest absolute Gasteiger partial charge is 0.150 e. The van der Waals surface area contributed by atoms with Crippen LogP contribution >= 0.6 is 0 Å². The van der Waals surface area contributed by atoms with Crippen LogP contribution in [0.15, 0.2) is 24.3 Å². The van der Waals surface area contributed by atoms with Gasteiger partial charge < -0.3 is 11.1 Å². The van der Waals surface area contributed by atoms with E-state index in [9.17, 15) is 4.79 Å². The molecule has 3 heteroatoms. The van der Waals surface area contributed by atoms with E-state index in [0.29, 0.717) is 18.5 Å². The number of hydrogen-bond donors (Lipinski definition) is 2. The van der Waals surface area contributed by atoms with Crippen LogP contribution in [-0.4, -0.2) is 18.9 Å². The Bertz CT molecular complexity index is 392. The van der Waals surface area contributed by atoms with E-state index in [2.05, 4.69) is 18.3 Å². The van der Waals surface area contributed by atoms with Gasteiger partial charge in [0.1, 0.15) is 6.29 Å². The molecule has 0 saturated carbocycles. The minimum absolute atomic E-state index is 0.281. The molecule has 1 aliphatic heterocycles. The number of rotatable bonds is 3. The monoisotopic (exact) mass is 232 g/mol. The molecule has 1 aliphatic rings. The minimum Gasteiger partial charge on any atom is -0.330 e. The van der Waals surface area contributed by atoms with Gasteiger partial charge in [0.05, 0.1) is 0 Å². The number of nitrogens with one attached hydrogen (secondary N) is 1. The molecular weight excluding hydrogens is 212 g/mol. The summed E-state index contributed by atoms with van der Waals surface area (Å²) in [6, 6.07) is 8.61. The first-order chi connectivity index (χ1) is 8.24. The van der Waals surface area contributed by atoms with Crippen LogP contribution in [0.5, 0.6) is 0 Å². The Labute approximate surface area is 102 Å². The van der Waals surface area contributed by atoms with Crippen molar-refractivity contribution in [1.82, 2.24) is 5.32 Å². The van der Waals surface area contributed by atoms with Gasteiger partial charge in [0.15, 0.2) is 0 Å². The van der Waals surface area contributed by atoms with Crippen molar-refractivity contribution in [3.8, 4) is 0 Å². The highest BCUT2D eigenvalue weighted by molar-refractivity contribution is 5.75. The van der Waals surface area contributed by atoms with Crippen LogP contribution < -0.4 is 11.1 Å². The molecule has 3 N–H and O–H groups in total. The number of nitrogens with two attached hydrogens (primary N) is 1. The largest absolute Gasteiger partial charge is 0.330 e. The van der Waals surface area contributed by atoms with Crippen molar-refractivity contribution < 1.29 is 4.79 Å². The molecule has 1 fully saturated rings. The maximum Gasteiger partial charge on any atom is 0.150 e. The molecule has 0 bridgehead atoms. The Morgan fingerprint density at radius 1 is 1.47 bits per heavy atom. The molecule has 1 heterocycles. The molecule has 2 rings (SSSR count). The summed E-state index contributed by atoms with van der Waals surface area (Å²) >= 11 is 0. The zero-order valence-corrected chi connectivity index (χ0v) is 10.2. The first-order valence-corrected chi connectivity index (χ1v) is 6.26. The number of benzene rings is 1. The average molecular weight is 232 g/mol. The van der Waals surface area contributed by atoms with E-state index in [4.69, 9.17) is 5.73 Å². The maximum atomic E-state index is 10.8. The van der Waals surface area contributed by atoms with Crippen molar-refractivity contribution in [1.29, 1.82) is 0 Å². The molecule has 1 aromatic carbocycles. The third-order valence-corrected chi connectivity index (χ3v) is 3.61. The molecule has 3 unspecified atom stereocenters. The third-order valence-electron chi connectivity index (χ3n) is 3.61. The van der Waals surface area contributed by atoms with E-state index >= 15 is 0 Å². The first-order valence-electron chi connectivity index (χ1n) is 6.26. The van der Waals surface area contributed by atoms with Crippen LogP contribution in [0, 0.1) is 5.92 Å². The second-order valence-corrected chi connectivity index (χ2v) is 4.91. The molecule has 3 atom stereocenters. The lowest BCUT2D eigenvalue weighted by molar-refractivity contribution is 0.112. The van der Waals surface area contributed by atoms with E-state index in [0.717, 1.165) is 18.3 Å². The van der Waals surface area contributed by atoms with Crippen LogP contribution in [0.1, 0.15) is 41.7 Å². The highest BCUT2D eigenvalue weighted by Crippen LogP contribution is 2.30. The number of hydrogen-bond acceptors (Lipinski definition) is 3. The van der Waals surface area contributed by atoms with Gasteiger partial charge in [-0.3, -0.25) is 4.79 Å². The number of carbonyl (C=O) groups is 1. The highest BCUT2D eigenvalue weighted by Gasteiger charge is 2.28. The Kier molecular flexibility index (Phi) is 3.92. The van der Waals surface area contributed by atoms with Gasteiger partial charge in [-0.2, -0.15) is 0 Å². The summed E-state index contributed by atoms with van der Waals surface area (Å²) in [4.78, 5) is 10.8. The van der Waals surface area contributed by atoms with Crippen LogP contribution in [0.4, 0.5) is 0 Å². The SMILES string of the molecule is CC1CCC(CN)C(c2cccc(C=O)c2)N1. The zero-order chi connectivity index (χ0) is 12.3. The van der Waals surface area contributed by atoms with E-state index in [1.54, 1.807) is 0 Å². The fourth-order valence-corrected chi connectivity index (χ4v) is 2.60. The van der Waals surface area contributed by atoms with Crippen molar-refractivity contribution in [3.05, 3.63) is 35.4 Å². The van der Waals surface area contributed by atoms with Gasteiger partial charge in [-0.25, -0.2) is 0 Å². The molecule has 92 valence electrons. The summed E-state index contributed by atoms with van der Waals surface area (Å²) < 4.78 is 0. The molecule has 1 aromatic rings. The zero-order valence-electron chi connectivity index (χ0n) is 10.2. The fourth-order valence-electron chi connectivity index (χ4n) is 2.60. The van der Waals surface area contributed by atoms with E-state index in [-0.39, 0.29) is 6.04 Å². The molecule has 0 spiro atoms. The summed E-state index contributed by atoms with van der Waals surface area (Å²) in [5.74, 6) is 0.466. The third kappa shape index (κ3) is 2.73. The van der Waals surface area contributed by atoms with Crippen molar-refractivity contribution in [2.24, 2.45) is 11.7 Å². The molecular formula is C14H20N2O. The molecule has 3 nitrogen and oxygen atoms in total. The Morgan fingerprint density at radius 3 is 3.00 bits per heavy atom. The Hall–Kier alpha value is -1.19. The lowest BCUT2D eigenvalue weighted by Gasteiger charge is -2.36. The van der Waals surface area contributed by atoms with Gasteiger partial charge in [0, 0.05) is 17.6 Å². The van der Waals surface area contributed by atoms with E-state index in [1.807, 2.05) is 18.2 Å². The number of aldehydes is 1. The minimum atomic E-state index is 0.281. The van der Waals surface area contributed by atoms with Gasteiger partial charge in [0.25, 0.3) is 0 Å². The average Bonchev–Trinajstić information content (AvgIpc) is 2.39. The molecule has 17 heavy (non-hydrogen) atoms. The quantitative estimate of drug-likeness (QED) is 0.782. The van der Waals surface area contributed by atoms with Crippen molar-refractivity contribution in [2.75, 3.05) is 6.54 Å². The van der Waals surface area contributed by atoms with Gasteiger partial charge in [-0.05, 0) is 43.9 Å². The summed E-state index contributed by atoms with van der Waals surface area (Å²) in [5.41, 5.74) is 7.75. The number of carbonyl (C=O) groups excluding carboxylic acids is 1. The highest BCUT2D eigenvalue weighted by atomic mass is 16.1. The summed E-state index contributed by atoms with van der Waals surface area (Å²) in [6.45, 7) is 2.89. The molecule has 0 amide bonds. The number of piperidine rings is 1. The van der Waals surface area contributed by atoms with Crippen molar-refractivity contribution >= 4 is 6.29 Å². The molecule has 0 aliphatic carbocycles. The molecule has 1 saturated heterocycles. The van der Waals surface area contributed by atoms with Gasteiger partial charge in [0.2, 0.25) is 0 Å². The molecule has 0 radical (unpaired) electrons. The normalized spacial score (nSPS) is 28.9. The second kappa shape index (κ2) is 5.43. The lowest BCUT2D eigenvalue weighted by atomic mass is 9.83. The summed E-state index contributed by atoms with van der Waals surface area (Å²) in [5, 5.41) is 3.59. The predicted octanol–water partition coefficient (Wildman–Crippen LogP) is 1.89. The Balaban J connectivity index is 2.25. The lowest BCUT2D eigenvalue weighted by Crippen LogP contribution is -2.42. The second-order valence-electron chi connectivity index (χ2n) is 4.91. The topological polar surface area (TPSA) is 55.1 Å². The molecule has 0 aromatic heterocycles. The van der Waals surface area contributed by atoms with Crippen molar-refractivity contribution in [2.45, 2.75) is 31.8 Å². The summed E-state index contributed by atoms with van der Waals surface area (Å²) in [6.07, 6.45) is 3.22. The first kappa shape index (κ1) is 12.3. The maximum absolute atomic E-state index is 10.8. The Morgan fingerprint density at radius 2 is 2.29 bits per heavy atom. The van der Waals surface area contributed by atoms with Crippen LogP contribution in [0.25, 0.3) is 0 Å².